The maximum absolute atomic E-state index is 14.3. The number of benzene rings is 1. The van der Waals surface area contributed by atoms with Crippen LogP contribution in [0.25, 0.3) is 10.1 Å². The molecule has 28 heavy (non-hydrogen) atoms. The number of methoxy groups -OCH3 is 1. The standard InChI is InChI=1S/C19H24FN3O3S.ClH/c1-26-11-13-16-14(20)5-2-6-15(16)27-17(13)19(25)23-9-3-4-12(10-23)18(24)22-8-7-21;/h2,5-6,12H,3-4,7-11,21H2,1H3,(H,22,24);1H. The van der Waals surface area contributed by atoms with Crippen LogP contribution in [0.1, 0.15) is 28.1 Å². The summed E-state index contributed by atoms with van der Waals surface area (Å²) in [4.78, 5) is 27.6. The van der Waals surface area contributed by atoms with Crippen molar-refractivity contribution >= 4 is 45.6 Å². The molecule has 3 N–H and O–H groups in total. The number of carbonyl (C=O) groups is 2. The molecule has 0 saturated carbocycles. The molecule has 0 bridgehead atoms. The molecule has 0 radical (unpaired) electrons. The topological polar surface area (TPSA) is 84.7 Å². The molecule has 0 aliphatic carbocycles. The van der Waals surface area contributed by atoms with E-state index in [1.54, 1.807) is 17.0 Å². The largest absolute Gasteiger partial charge is 0.380 e. The molecular formula is C19H25ClFN3O3S. The number of nitrogens with two attached hydrogens (primary N) is 1. The van der Waals surface area contributed by atoms with Crippen LogP contribution in [0, 0.1) is 11.7 Å². The van der Waals surface area contributed by atoms with Crippen LogP contribution in [0.3, 0.4) is 0 Å². The molecule has 6 nitrogen and oxygen atoms in total. The van der Waals surface area contributed by atoms with Gasteiger partial charge in [-0.1, -0.05) is 6.07 Å². The SMILES string of the molecule is COCc1c(C(=O)N2CCCC(C(=O)NCCN)C2)sc2cccc(F)c12.Cl. The zero-order valence-corrected chi connectivity index (χ0v) is 17.3. The number of hydrogen-bond acceptors (Lipinski definition) is 5. The number of thiophene rings is 1. The summed E-state index contributed by atoms with van der Waals surface area (Å²) in [6.45, 7) is 1.92. The predicted molar refractivity (Wildman–Crippen MR) is 110 cm³/mol. The van der Waals surface area contributed by atoms with Crippen molar-refractivity contribution in [1.29, 1.82) is 0 Å². The summed E-state index contributed by atoms with van der Waals surface area (Å²) in [5, 5.41) is 3.24. The molecule has 2 amide bonds. The normalized spacial score (nSPS) is 16.7. The van der Waals surface area contributed by atoms with E-state index in [1.807, 2.05) is 0 Å². The van der Waals surface area contributed by atoms with Crippen LogP contribution in [0.2, 0.25) is 0 Å². The van der Waals surface area contributed by atoms with Crippen molar-refractivity contribution in [1.82, 2.24) is 10.2 Å². The Bertz CT molecular complexity index is 845. The highest BCUT2D eigenvalue weighted by Crippen LogP contribution is 2.35. The van der Waals surface area contributed by atoms with Crippen LogP contribution >= 0.6 is 23.7 Å². The second-order valence-electron chi connectivity index (χ2n) is 6.63. The van der Waals surface area contributed by atoms with Crippen LogP contribution in [-0.4, -0.2) is 50.0 Å². The summed E-state index contributed by atoms with van der Waals surface area (Å²) in [5.41, 5.74) is 6.01. The van der Waals surface area contributed by atoms with E-state index in [0.29, 0.717) is 42.0 Å². The van der Waals surface area contributed by atoms with Crippen molar-refractivity contribution in [2.75, 3.05) is 33.3 Å². The van der Waals surface area contributed by atoms with Crippen LogP contribution in [-0.2, 0) is 16.1 Å². The van der Waals surface area contributed by atoms with Crippen molar-refractivity contribution < 1.29 is 18.7 Å². The molecule has 1 saturated heterocycles. The Labute approximate surface area is 173 Å². The van der Waals surface area contributed by atoms with Gasteiger partial charge in [-0.3, -0.25) is 9.59 Å². The molecule has 154 valence electrons. The minimum absolute atomic E-state index is 0. The number of fused-ring (bicyclic) bond motifs is 1. The van der Waals surface area contributed by atoms with Gasteiger partial charge in [0.2, 0.25) is 5.91 Å². The quantitative estimate of drug-likeness (QED) is 0.739. The number of ether oxygens (including phenoxy) is 1. The van der Waals surface area contributed by atoms with E-state index in [1.165, 1.54) is 24.5 Å². The van der Waals surface area contributed by atoms with E-state index < -0.39 is 0 Å². The highest BCUT2D eigenvalue weighted by atomic mass is 35.5. The lowest BCUT2D eigenvalue weighted by Crippen LogP contribution is -2.46. The first-order chi connectivity index (χ1) is 13.1. The average Bonchev–Trinajstić information content (AvgIpc) is 3.05. The Morgan fingerprint density at radius 3 is 2.93 bits per heavy atom. The van der Waals surface area contributed by atoms with Gasteiger partial charge in [-0.2, -0.15) is 0 Å². The summed E-state index contributed by atoms with van der Waals surface area (Å²) < 4.78 is 20.3. The Kier molecular flexibility index (Phi) is 8.18. The van der Waals surface area contributed by atoms with Crippen molar-refractivity contribution in [2.24, 2.45) is 11.7 Å². The second-order valence-corrected chi connectivity index (χ2v) is 7.68. The third kappa shape index (κ3) is 4.63. The summed E-state index contributed by atoms with van der Waals surface area (Å²) >= 11 is 1.27. The number of amides is 2. The van der Waals surface area contributed by atoms with Crippen molar-refractivity contribution in [3.63, 3.8) is 0 Å². The lowest BCUT2D eigenvalue weighted by molar-refractivity contribution is -0.126. The molecular weight excluding hydrogens is 405 g/mol. The average molecular weight is 430 g/mol. The summed E-state index contributed by atoms with van der Waals surface area (Å²) in [6, 6.07) is 4.83. The molecule has 9 heteroatoms. The number of carbonyl (C=O) groups excluding carboxylic acids is 2. The fourth-order valence-electron chi connectivity index (χ4n) is 3.48. The monoisotopic (exact) mass is 429 g/mol. The number of rotatable bonds is 6. The Morgan fingerprint density at radius 1 is 1.43 bits per heavy atom. The number of hydrogen-bond donors (Lipinski definition) is 2. The highest BCUT2D eigenvalue weighted by Gasteiger charge is 2.31. The van der Waals surface area contributed by atoms with Gasteiger partial charge in [-0.15, -0.1) is 23.7 Å². The molecule has 2 aromatic rings. The fourth-order valence-corrected chi connectivity index (χ4v) is 4.67. The number of halogens is 2. The van der Waals surface area contributed by atoms with E-state index >= 15 is 0 Å². The third-order valence-corrected chi connectivity index (χ3v) is 5.95. The van der Waals surface area contributed by atoms with Gasteiger partial charge >= 0.3 is 0 Å². The predicted octanol–water partition coefficient (Wildman–Crippen LogP) is 2.54. The van der Waals surface area contributed by atoms with E-state index in [0.717, 1.165) is 17.5 Å². The van der Waals surface area contributed by atoms with Gasteiger partial charge in [-0.25, -0.2) is 4.39 Å². The van der Waals surface area contributed by atoms with Gasteiger partial charge in [0, 0.05) is 48.9 Å². The molecule has 1 aromatic carbocycles. The number of likely N-dealkylation sites (tertiary alicyclic amines) is 1. The van der Waals surface area contributed by atoms with Gasteiger partial charge in [-0.05, 0) is 25.0 Å². The van der Waals surface area contributed by atoms with Crippen LogP contribution in [0.15, 0.2) is 18.2 Å². The van der Waals surface area contributed by atoms with E-state index in [4.69, 9.17) is 10.5 Å². The van der Waals surface area contributed by atoms with Gasteiger partial charge in [0.15, 0.2) is 0 Å². The van der Waals surface area contributed by atoms with Gasteiger partial charge in [0.25, 0.3) is 5.91 Å². The Balaban J connectivity index is 0.00000280. The fraction of sp³-hybridized carbons (Fsp3) is 0.474. The van der Waals surface area contributed by atoms with Gasteiger partial charge in [0.05, 0.1) is 17.4 Å². The molecule has 1 fully saturated rings. The molecule has 1 unspecified atom stereocenters. The van der Waals surface area contributed by atoms with Gasteiger partial charge < -0.3 is 20.7 Å². The van der Waals surface area contributed by atoms with Crippen molar-refractivity contribution in [2.45, 2.75) is 19.4 Å². The van der Waals surface area contributed by atoms with Crippen molar-refractivity contribution in [3.05, 3.63) is 34.5 Å². The molecule has 0 spiro atoms. The Morgan fingerprint density at radius 2 is 2.21 bits per heavy atom. The minimum Gasteiger partial charge on any atom is -0.380 e. The molecule has 1 aliphatic heterocycles. The van der Waals surface area contributed by atoms with Crippen molar-refractivity contribution in [3.8, 4) is 0 Å². The van der Waals surface area contributed by atoms with Gasteiger partial charge in [0.1, 0.15) is 5.82 Å². The molecule has 3 rings (SSSR count). The first-order valence-electron chi connectivity index (χ1n) is 9.02. The lowest BCUT2D eigenvalue weighted by Gasteiger charge is -2.32. The molecule has 1 aromatic heterocycles. The summed E-state index contributed by atoms with van der Waals surface area (Å²) in [5.74, 6) is -0.838. The van der Waals surface area contributed by atoms with E-state index in [2.05, 4.69) is 5.32 Å². The minimum atomic E-state index is -0.354. The zero-order valence-electron chi connectivity index (χ0n) is 15.7. The first-order valence-corrected chi connectivity index (χ1v) is 9.84. The molecule has 2 heterocycles. The maximum Gasteiger partial charge on any atom is 0.264 e. The second kappa shape index (κ2) is 10.2. The summed E-state index contributed by atoms with van der Waals surface area (Å²) in [7, 11) is 1.53. The first kappa shape index (κ1) is 22.5. The molecule has 1 atom stereocenters. The smallest absolute Gasteiger partial charge is 0.264 e. The van der Waals surface area contributed by atoms with Crippen LogP contribution in [0.5, 0.6) is 0 Å². The number of nitrogens with one attached hydrogen (secondary N) is 1. The number of piperidine rings is 1. The highest BCUT2D eigenvalue weighted by molar-refractivity contribution is 7.21. The Hall–Kier alpha value is -1.74. The maximum atomic E-state index is 14.3. The lowest BCUT2D eigenvalue weighted by atomic mass is 9.96. The van der Waals surface area contributed by atoms with E-state index in [-0.39, 0.29) is 42.6 Å². The van der Waals surface area contributed by atoms with Crippen LogP contribution in [0.4, 0.5) is 4.39 Å². The summed E-state index contributed by atoms with van der Waals surface area (Å²) in [6.07, 6.45) is 1.50. The zero-order chi connectivity index (χ0) is 19.4. The number of nitrogens with zero attached hydrogens (tertiary/aromatic N) is 1. The van der Waals surface area contributed by atoms with Crippen LogP contribution < -0.4 is 11.1 Å². The molecule has 1 aliphatic rings. The van der Waals surface area contributed by atoms with E-state index in [9.17, 15) is 14.0 Å². The third-order valence-electron chi connectivity index (χ3n) is 4.77.